The smallest absolute Gasteiger partial charge is 0.335 e. The third-order valence-corrected chi connectivity index (χ3v) is 6.56. The molecule has 1 saturated carbocycles. The third-order valence-electron chi connectivity index (χ3n) is 5.56. The maximum atomic E-state index is 13.1. The molecule has 0 amide bonds. The summed E-state index contributed by atoms with van der Waals surface area (Å²) >= 11 is 0. The lowest BCUT2D eigenvalue weighted by molar-refractivity contribution is 0.0636. The number of aromatic nitrogens is 4. The summed E-state index contributed by atoms with van der Waals surface area (Å²) < 4.78 is 37.6. The molecular weight excluding hydrogens is 440 g/mol. The summed E-state index contributed by atoms with van der Waals surface area (Å²) in [6.07, 6.45) is 5.11. The van der Waals surface area contributed by atoms with Gasteiger partial charge in [-0.15, -0.1) is 0 Å². The van der Waals surface area contributed by atoms with Crippen molar-refractivity contribution < 1.29 is 27.2 Å². The second-order valence-electron chi connectivity index (χ2n) is 7.85. The summed E-state index contributed by atoms with van der Waals surface area (Å²) in [6.45, 7) is 1.33. The molecule has 1 saturated heterocycles. The van der Waals surface area contributed by atoms with E-state index in [1.54, 1.807) is 16.9 Å². The Kier molecular flexibility index (Phi) is 6.81. The number of nitrogens with one attached hydrogen (secondary N) is 2. The fourth-order valence-electron chi connectivity index (χ4n) is 3.93. The minimum atomic E-state index is -3.93. The van der Waals surface area contributed by atoms with Gasteiger partial charge in [-0.05, 0) is 31.7 Å². The minimum Gasteiger partial charge on any atom is -0.390 e. The average molecular weight is 467 g/mol. The van der Waals surface area contributed by atoms with Gasteiger partial charge in [0, 0.05) is 32.1 Å². The Labute approximate surface area is 185 Å². The van der Waals surface area contributed by atoms with E-state index in [4.69, 9.17) is 8.92 Å². The number of nitrogens with zero attached hydrogens (tertiary/aromatic N) is 4. The number of ketones is 1. The van der Waals surface area contributed by atoms with Gasteiger partial charge in [0.1, 0.15) is 23.9 Å². The fourth-order valence-corrected chi connectivity index (χ4v) is 4.56. The Morgan fingerprint density at radius 3 is 3.00 bits per heavy atom. The van der Waals surface area contributed by atoms with Crippen molar-refractivity contribution in [3.05, 3.63) is 36.0 Å². The molecule has 32 heavy (non-hydrogen) atoms. The lowest BCUT2D eigenvalue weighted by Gasteiger charge is -2.15. The van der Waals surface area contributed by atoms with Crippen molar-refractivity contribution >= 4 is 21.9 Å². The summed E-state index contributed by atoms with van der Waals surface area (Å²) in [6, 6.07) is 1.29. The molecule has 3 heterocycles. The molecule has 1 aliphatic carbocycles. The van der Waals surface area contributed by atoms with Crippen molar-refractivity contribution in [3.8, 4) is 0 Å². The monoisotopic (exact) mass is 466 g/mol. The van der Waals surface area contributed by atoms with Crippen molar-refractivity contribution in [1.29, 1.82) is 0 Å². The summed E-state index contributed by atoms with van der Waals surface area (Å²) in [5, 5.41) is 17.7. The van der Waals surface area contributed by atoms with E-state index in [9.17, 15) is 18.3 Å². The SMILES string of the molecule is CNS(=O)(=O)O[C@@H]1C[C@H](Nc2ncncc2C(=O)c2ccn(C[C@@H]3CCCO3)n2)C[C@@H]1O. The van der Waals surface area contributed by atoms with Crippen LogP contribution in [0.15, 0.2) is 24.8 Å². The van der Waals surface area contributed by atoms with Crippen LogP contribution in [0.1, 0.15) is 41.7 Å². The van der Waals surface area contributed by atoms with E-state index >= 15 is 0 Å². The molecule has 4 rings (SSSR count). The number of hydrogen-bond donors (Lipinski definition) is 3. The van der Waals surface area contributed by atoms with E-state index in [1.165, 1.54) is 19.6 Å². The molecule has 12 nitrogen and oxygen atoms in total. The number of anilines is 1. The highest BCUT2D eigenvalue weighted by Gasteiger charge is 2.37. The standard InChI is InChI=1S/C19H26N6O6S/c1-20-32(28,29)31-17-8-12(7-16(17)26)23-19-14(9-21-11-22-19)18(27)15-4-5-25(24-15)10-13-3-2-6-30-13/h4-5,9,11-13,16-17,20,26H,2-3,6-8,10H2,1H3,(H,21,22,23)/t12-,13+,16+,17-/m1/s1. The predicted octanol–water partition coefficient (Wildman–Crippen LogP) is -0.132. The van der Waals surface area contributed by atoms with Crippen LogP contribution in [0.2, 0.25) is 0 Å². The quantitative estimate of drug-likeness (QED) is 0.425. The lowest BCUT2D eigenvalue weighted by atomic mass is 10.1. The van der Waals surface area contributed by atoms with Gasteiger partial charge in [-0.3, -0.25) is 13.7 Å². The maximum Gasteiger partial charge on any atom is 0.335 e. The molecule has 174 valence electrons. The van der Waals surface area contributed by atoms with Crippen molar-refractivity contribution in [3.63, 3.8) is 0 Å². The molecule has 1 aliphatic heterocycles. The van der Waals surface area contributed by atoms with Gasteiger partial charge in [-0.25, -0.2) is 9.97 Å². The lowest BCUT2D eigenvalue weighted by Crippen LogP contribution is -2.31. The molecule has 0 spiro atoms. The first-order chi connectivity index (χ1) is 15.3. The maximum absolute atomic E-state index is 13.1. The zero-order valence-electron chi connectivity index (χ0n) is 17.5. The van der Waals surface area contributed by atoms with Crippen LogP contribution >= 0.6 is 0 Å². The molecule has 4 atom stereocenters. The van der Waals surface area contributed by atoms with Crippen molar-refractivity contribution in [1.82, 2.24) is 24.5 Å². The van der Waals surface area contributed by atoms with Gasteiger partial charge in [-0.2, -0.15) is 18.2 Å². The highest BCUT2D eigenvalue weighted by atomic mass is 32.2. The fraction of sp³-hybridized carbons (Fsp3) is 0.579. The van der Waals surface area contributed by atoms with Crippen LogP contribution < -0.4 is 10.0 Å². The van der Waals surface area contributed by atoms with E-state index in [1.807, 2.05) is 0 Å². The molecule has 13 heteroatoms. The Balaban J connectivity index is 1.44. The highest BCUT2D eigenvalue weighted by Crippen LogP contribution is 2.27. The van der Waals surface area contributed by atoms with Gasteiger partial charge in [0.25, 0.3) is 0 Å². The number of carbonyl (C=O) groups is 1. The van der Waals surface area contributed by atoms with Crippen molar-refractivity contribution in [2.75, 3.05) is 19.0 Å². The van der Waals surface area contributed by atoms with E-state index in [-0.39, 0.29) is 47.8 Å². The zero-order valence-corrected chi connectivity index (χ0v) is 18.4. The second kappa shape index (κ2) is 9.58. The van der Waals surface area contributed by atoms with Gasteiger partial charge in [0.05, 0.1) is 24.3 Å². The molecule has 2 aromatic heterocycles. The van der Waals surface area contributed by atoms with Crippen LogP contribution in [0.25, 0.3) is 0 Å². The number of carbonyl (C=O) groups excluding carboxylic acids is 1. The Morgan fingerprint density at radius 2 is 2.25 bits per heavy atom. The van der Waals surface area contributed by atoms with E-state index < -0.39 is 22.5 Å². The number of ether oxygens (including phenoxy) is 1. The molecule has 2 aromatic rings. The Hall–Kier alpha value is -2.45. The number of aliphatic hydroxyl groups is 1. The van der Waals surface area contributed by atoms with Gasteiger partial charge in [0.2, 0.25) is 5.78 Å². The molecule has 0 bridgehead atoms. The molecular formula is C19H26N6O6S. The molecule has 0 aromatic carbocycles. The van der Waals surface area contributed by atoms with Crippen LogP contribution in [0.5, 0.6) is 0 Å². The first-order valence-corrected chi connectivity index (χ1v) is 11.8. The molecule has 0 unspecified atom stereocenters. The van der Waals surface area contributed by atoms with Gasteiger partial charge >= 0.3 is 10.3 Å². The number of aliphatic hydroxyl groups excluding tert-OH is 1. The van der Waals surface area contributed by atoms with E-state index in [0.717, 1.165) is 19.4 Å². The average Bonchev–Trinajstić information content (AvgIpc) is 3.51. The first-order valence-electron chi connectivity index (χ1n) is 10.4. The van der Waals surface area contributed by atoms with E-state index in [2.05, 4.69) is 25.1 Å². The normalized spacial score (nSPS) is 25.8. The molecule has 2 fully saturated rings. The van der Waals surface area contributed by atoms with Gasteiger partial charge in [0.15, 0.2) is 0 Å². The van der Waals surface area contributed by atoms with Crippen LogP contribution in [0, 0.1) is 0 Å². The summed E-state index contributed by atoms with van der Waals surface area (Å²) in [5.74, 6) is -0.0590. The third kappa shape index (κ3) is 5.30. The molecule has 0 radical (unpaired) electrons. The van der Waals surface area contributed by atoms with Gasteiger partial charge < -0.3 is 15.2 Å². The predicted molar refractivity (Wildman–Crippen MR) is 112 cm³/mol. The summed E-state index contributed by atoms with van der Waals surface area (Å²) in [5.41, 5.74) is 0.491. The first kappa shape index (κ1) is 22.7. The van der Waals surface area contributed by atoms with Crippen LogP contribution in [-0.2, 0) is 25.8 Å². The molecule has 3 N–H and O–H groups in total. The summed E-state index contributed by atoms with van der Waals surface area (Å²) in [7, 11) is -2.70. The number of rotatable bonds is 9. The topological polar surface area (TPSA) is 158 Å². The van der Waals surface area contributed by atoms with Gasteiger partial charge in [-0.1, -0.05) is 0 Å². The van der Waals surface area contributed by atoms with Crippen LogP contribution in [0.4, 0.5) is 5.82 Å². The Bertz CT molecular complexity index is 1050. The number of hydrogen-bond acceptors (Lipinski definition) is 10. The van der Waals surface area contributed by atoms with Crippen LogP contribution in [0.3, 0.4) is 0 Å². The van der Waals surface area contributed by atoms with Crippen LogP contribution in [-0.4, -0.2) is 77.1 Å². The largest absolute Gasteiger partial charge is 0.390 e. The minimum absolute atomic E-state index is 0.103. The second-order valence-corrected chi connectivity index (χ2v) is 9.35. The Morgan fingerprint density at radius 1 is 1.41 bits per heavy atom. The van der Waals surface area contributed by atoms with E-state index in [0.29, 0.717) is 6.54 Å². The molecule has 2 aliphatic rings. The van der Waals surface area contributed by atoms with Crippen molar-refractivity contribution in [2.45, 2.75) is 56.6 Å². The van der Waals surface area contributed by atoms with Crippen molar-refractivity contribution in [2.24, 2.45) is 0 Å². The summed E-state index contributed by atoms with van der Waals surface area (Å²) in [4.78, 5) is 21.2. The highest BCUT2D eigenvalue weighted by molar-refractivity contribution is 7.84. The zero-order chi connectivity index (χ0) is 22.7.